The first-order valence-electron chi connectivity index (χ1n) is 3.05. The number of hydrogen-bond acceptors (Lipinski definition) is 2. The van der Waals surface area contributed by atoms with E-state index in [0.29, 0.717) is 0 Å². The number of anilines is 1. The summed E-state index contributed by atoms with van der Waals surface area (Å²) in [6.45, 7) is 0. The molecule has 11 heavy (non-hydrogen) atoms. The van der Waals surface area contributed by atoms with E-state index in [9.17, 15) is 4.39 Å². The Hall–Kier alpha value is -0.800. The van der Waals surface area contributed by atoms with Crippen LogP contribution in [0.3, 0.4) is 0 Å². The quantitative estimate of drug-likeness (QED) is 0.520. The van der Waals surface area contributed by atoms with Crippen LogP contribution < -0.4 is 10.9 Å². The Morgan fingerprint density at radius 3 is 2.64 bits per heavy atom. The van der Waals surface area contributed by atoms with Crippen LogP contribution in [0.25, 0.3) is 0 Å². The molecule has 0 fully saturated rings. The molecular formula is C7H8ClFN2. The van der Waals surface area contributed by atoms with Crippen molar-refractivity contribution in [1.29, 1.82) is 0 Å². The Bertz CT molecular complexity index is 263. The van der Waals surface area contributed by atoms with Gasteiger partial charge in [-0.05, 0) is 12.1 Å². The highest BCUT2D eigenvalue weighted by molar-refractivity contribution is 6.31. The molecule has 0 aromatic heterocycles. The first-order valence-corrected chi connectivity index (χ1v) is 3.43. The molecule has 0 saturated heterocycles. The Balaban J connectivity index is 3.17. The molecular weight excluding hydrogens is 167 g/mol. The Kier molecular flexibility index (Phi) is 2.31. The molecule has 2 nitrogen and oxygen atoms in total. The number of hydrogen-bond donors (Lipinski definition) is 1. The maximum atomic E-state index is 13.0. The topological polar surface area (TPSA) is 29.3 Å². The normalized spacial score (nSPS) is 9.82. The zero-order chi connectivity index (χ0) is 8.43. The van der Waals surface area contributed by atoms with E-state index in [1.165, 1.54) is 11.1 Å². The van der Waals surface area contributed by atoms with Crippen molar-refractivity contribution in [2.24, 2.45) is 5.84 Å². The second-order valence-corrected chi connectivity index (χ2v) is 2.59. The van der Waals surface area contributed by atoms with Gasteiger partial charge >= 0.3 is 0 Å². The minimum absolute atomic E-state index is 0.0831. The van der Waals surface area contributed by atoms with Gasteiger partial charge in [0.1, 0.15) is 0 Å². The van der Waals surface area contributed by atoms with E-state index in [2.05, 4.69) is 0 Å². The van der Waals surface area contributed by atoms with Crippen LogP contribution in [0.1, 0.15) is 0 Å². The average molecular weight is 175 g/mol. The number of hydrazine groups is 1. The van der Waals surface area contributed by atoms with Crippen molar-refractivity contribution in [1.82, 2.24) is 0 Å². The van der Waals surface area contributed by atoms with Crippen molar-refractivity contribution >= 4 is 17.3 Å². The molecule has 1 aromatic rings. The molecule has 0 bridgehead atoms. The SMILES string of the molecule is CN(N)c1cccc(Cl)c1F. The van der Waals surface area contributed by atoms with Gasteiger partial charge in [0.15, 0.2) is 5.82 Å². The van der Waals surface area contributed by atoms with Crippen molar-refractivity contribution < 1.29 is 4.39 Å². The highest BCUT2D eigenvalue weighted by atomic mass is 35.5. The summed E-state index contributed by atoms with van der Waals surface area (Å²) in [5, 5.41) is 1.26. The lowest BCUT2D eigenvalue weighted by Gasteiger charge is -2.12. The highest BCUT2D eigenvalue weighted by Crippen LogP contribution is 2.22. The van der Waals surface area contributed by atoms with Crippen LogP contribution in [0.4, 0.5) is 10.1 Å². The Morgan fingerprint density at radius 1 is 1.55 bits per heavy atom. The Morgan fingerprint density at radius 2 is 2.18 bits per heavy atom. The van der Waals surface area contributed by atoms with Crippen LogP contribution in [-0.2, 0) is 0 Å². The van der Waals surface area contributed by atoms with Gasteiger partial charge < -0.3 is 5.01 Å². The lowest BCUT2D eigenvalue weighted by atomic mass is 10.3. The van der Waals surface area contributed by atoms with Gasteiger partial charge in [0.2, 0.25) is 0 Å². The summed E-state index contributed by atoms with van der Waals surface area (Å²) in [7, 11) is 1.55. The minimum atomic E-state index is -0.487. The highest BCUT2D eigenvalue weighted by Gasteiger charge is 2.06. The molecule has 2 N–H and O–H groups in total. The van der Waals surface area contributed by atoms with Crippen LogP contribution in [0.15, 0.2) is 18.2 Å². The summed E-state index contributed by atoms with van der Waals surface area (Å²) >= 11 is 5.50. The van der Waals surface area contributed by atoms with Crippen molar-refractivity contribution in [3.63, 3.8) is 0 Å². The zero-order valence-corrected chi connectivity index (χ0v) is 6.77. The average Bonchev–Trinajstić information content (AvgIpc) is 1.94. The largest absolute Gasteiger partial charge is 0.311 e. The molecule has 0 unspecified atom stereocenters. The van der Waals surface area contributed by atoms with E-state index in [4.69, 9.17) is 17.4 Å². The molecule has 1 rings (SSSR count). The molecule has 60 valence electrons. The zero-order valence-electron chi connectivity index (χ0n) is 6.01. The fraction of sp³-hybridized carbons (Fsp3) is 0.143. The van der Waals surface area contributed by atoms with E-state index >= 15 is 0 Å². The lowest BCUT2D eigenvalue weighted by Crippen LogP contribution is -2.26. The molecule has 0 aliphatic heterocycles. The summed E-state index contributed by atoms with van der Waals surface area (Å²) in [4.78, 5) is 0. The van der Waals surface area contributed by atoms with Gasteiger partial charge in [-0.1, -0.05) is 17.7 Å². The van der Waals surface area contributed by atoms with Gasteiger partial charge in [0, 0.05) is 7.05 Å². The van der Waals surface area contributed by atoms with Gasteiger partial charge in [-0.15, -0.1) is 0 Å². The molecule has 0 atom stereocenters. The van der Waals surface area contributed by atoms with E-state index < -0.39 is 5.82 Å². The molecule has 0 aliphatic carbocycles. The predicted molar refractivity (Wildman–Crippen MR) is 44.0 cm³/mol. The molecule has 0 radical (unpaired) electrons. The molecule has 4 heteroatoms. The standard InChI is InChI=1S/C7H8ClFN2/c1-11(10)6-4-2-3-5(8)7(6)9/h2-4H,10H2,1H3. The third-order valence-electron chi connectivity index (χ3n) is 1.31. The maximum absolute atomic E-state index is 13.0. The number of rotatable bonds is 1. The molecule has 0 spiro atoms. The number of benzene rings is 1. The number of nitrogens with zero attached hydrogens (tertiary/aromatic N) is 1. The first-order chi connectivity index (χ1) is 5.13. The maximum Gasteiger partial charge on any atom is 0.166 e. The van der Waals surface area contributed by atoms with Gasteiger partial charge in [-0.25, -0.2) is 10.2 Å². The summed E-state index contributed by atoms with van der Waals surface area (Å²) in [6.07, 6.45) is 0. The van der Waals surface area contributed by atoms with Crippen LogP contribution in [0.5, 0.6) is 0 Å². The summed E-state index contributed by atoms with van der Waals surface area (Å²) < 4.78 is 13.0. The summed E-state index contributed by atoms with van der Waals surface area (Å²) in [6, 6.07) is 4.68. The number of nitrogens with two attached hydrogens (primary N) is 1. The molecule has 1 aromatic carbocycles. The van der Waals surface area contributed by atoms with Crippen LogP contribution in [-0.4, -0.2) is 7.05 Å². The van der Waals surface area contributed by atoms with E-state index in [1.807, 2.05) is 0 Å². The van der Waals surface area contributed by atoms with E-state index in [1.54, 1.807) is 19.2 Å². The van der Waals surface area contributed by atoms with E-state index in [0.717, 1.165) is 0 Å². The summed E-state index contributed by atoms with van der Waals surface area (Å²) in [5.41, 5.74) is 0.289. The molecule has 0 saturated carbocycles. The third kappa shape index (κ3) is 1.61. The fourth-order valence-electron chi connectivity index (χ4n) is 0.765. The minimum Gasteiger partial charge on any atom is -0.311 e. The third-order valence-corrected chi connectivity index (χ3v) is 1.60. The van der Waals surface area contributed by atoms with Crippen LogP contribution >= 0.6 is 11.6 Å². The molecule has 0 amide bonds. The second kappa shape index (κ2) is 3.07. The van der Waals surface area contributed by atoms with Crippen molar-refractivity contribution in [3.05, 3.63) is 29.0 Å². The smallest absolute Gasteiger partial charge is 0.166 e. The second-order valence-electron chi connectivity index (χ2n) is 2.18. The van der Waals surface area contributed by atoms with Crippen LogP contribution in [0, 0.1) is 5.82 Å². The predicted octanol–water partition coefficient (Wildman–Crippen LogP) is 1.79. The lowest BCUT2D eigenvalue weighted by molar-refractivity contribution is 0.624. The monoisotopic (exact) mass is 174 g/mol. The summed E-state index contributed by atoms with van der Waals surface area (Å²) in [5.74, 6) is 4.83. The van der Waals surface area contributed by atoms with Gasteiger partial charge in [0.25, 0.3) is 0 Å². The Labute approximate surface area is 69.3 Å². The van der Waals surface area contributed by atoms with Gasteiger partial charge in [-0.2, -0.15) is 0 Å². The molecule has 0 heterocycles. The van der Waals surface area contributed by atoms with Crippen molar-refractivity contribution in [2.45, 2.75) is 0 Å². The van der Waals surface area contributed by atoms with Crippen LogP contribution in [0.2, 0.25) is 5.02 Å². The fourth-order valence-corrected chi connectivity index (χ4v) is 0.934. The first kappa shape index (κ1) is 8.30. The van der Waals surface area contributed by atoms with E-state index in [-0.39, 0.29) is 10.7 Å². The van der Waals surface area contributed by atoms with Crippen molar-refractivity contribution in [3.8, 4) is 0 Å². The van der Waals surface area contributed by atoms with Crippen molar-refractivity contribution in [2.75, 3.05) is 12.1 Å². The van der Waals surface area contributed by atoms with Gasteiger partial charge in [-0.3, -0.25) is 0 Å². The molecule has 0 aliphatic rings. The van der Waals surface area contributed by atoms with Gasteiger partial charge in [0.05, 0.1) is 10.7 Å². The number of halogens is 2.